The minimum absolute atomic E-state index is 0.00891. The minimum atomic E-state index is -1.29. The van der Waals surface area contributed by atoms with Gasteiger partial charge in [-0.15, -0.1) is 0 Å². The fourth-order valence-electron chi connectivity index (χ4n) is 5.99. The Morgan fingerprint density at radius 3 is 2.25 bits per heavy atom. The summed E-state index contributed by atoms with van der Waals surface area (Å²) in [6.07, 6.45) is 11.3. The van der Waals surface area contributed by atoms with E-state index < -0.39 is 20.4 Å². The zero-order chi connectivity index (χ0) is 23.4. The molecule has 0 bridgehead atoms. The summed E-state index contributed by atoms with van der Waals surface area (Å²) in [5, 5.41) is 11.0. The van der Waals surface area contributed by atoms with Crippen molar-refractivity contribution in [3.8, 4) is 11.8 Å². The zero-order valence-corrected chi connectivity index (χ0v) is 22.7. The Balaban J connectivity index is 1.68. The van der Waals surface area contributed by atoms with Crippen molar-refractivity contribution in [2.24, 2.45) is 23.2 Å². The Labute approximate surface area is 198 Å². The lowest BCUT2D eigenvalue weighted by Gasteiger charge is -2.48. The van der Waals surface area contributed by atoms with Crippen molar-refractivity contribution < 1.29 is 19.0 Å². The van der Waals surface area contributed by atoms with E-state index in [1.165, 1.54) is 38.5 Å². The smallest absolute Gasteiger partial charge is 0.173 e. The first kappa shape index (κ1) is 26.2. The van der Waals surface area contributed by atoms with Crippen molar-refractivity contribution in [3.63, 3.8) is 0 Å². The number of hydrogen-bond acceptors (Lipinski definition) is 4. The Morgan fingerprint density at radius 1 is 1.03 bits per heavy atom. The lowest BCUT2D eigenvalue weighted by molar-refractivity contribution is -0.275. The van der Waals surface area contributed by atoms with Crippen LogP contribution in [-0.2, 0) is 13.9 Å². The van der Waals surface area contributed by atoms with Crippen molar-refractivity contribution in [2.75, 3.05) is 13.2 Å². The molecular weight excluding hydrogens is 416 g/mol. The van der Waals surface area contributed by atoms with Gasteiger partial charge in [0.05, 0.1) is 19.3 Å². The summed E-state index contributed by atoms with van der Waals surface area (Å²) < 4.78 is 18.6. The Bertz CT molecular complexity index is 655. The van der Waals surface area contributed by atoms with E-state index in [0.717, 1.165) is 25.7 Å². The molecule has 184 valence electrons. The SMILES string of the molecule is CCCCCCCCCC(C#CC1CC2C(CC23OCCO3)C1O)(O[SiH](C)C)C(C)(C)C. The molecule has 1 saturated heterocycles. The molecule has 4 nitrogen and oxygen atoms in total. The van der Waals surface area contributed by atoms with E-state index in [9.17, 15) is 5.11 Å². The van der Waals surface area contributed by atoms with Gasteiger partial charge in [0.15, 0.2) is 14.8 Å². The molecule has 3 aliphatic rings. The molecule has 3 fully saturated rings. The quantitative estimate of drug-likeness (QED) is 0.257. The van der Waals surface area contributed by atoms with Gasteiger partial charge in [0, 0.05) is 23.7 Å². The maximum atomic E-state index is 11.0. The average Bonchev–Trinajstić information content (AvgIpc) is 3.29. The predicted octanol–water partition coefficient (Wildman–Crippen LogP) is 5.68. The van der Waals surface area contributed by atoms with Gasteiger partial charge in [0.2, 0.25) is 0 Å². The molecule has 1 aliphatic heterocycles. The summed E-state index contributed by atoms with van der Waals surface area (Å²) in [6.45, 7) is 14.9. The molecular formula is C27H48O4Si. The molecule has 5 atom stereocenters. The highest BCUT2D eigenvalue weighted by Crippen LogP contribution is 2.59. The van der Waals surface area contributed by atoms with Gasteiger partial charge in [-0.3, -0.25) is 0 Å². The highest BCUT2D eigenvalue weighted by Gasteiger charge is 2.64. The third-order valence-corrected chi connectivity index (χ3v) is 8.85. The number of aliphatic hydroxyl groups excluding tert-OH is 1. The van der Waals surface area contributed by atoms with Gasteiger partial charge in [-0.25, -0.2) is 0 Å². The standard InChI is InChI=1S/C27H48O4Si/c1-7-8-9-10-11-12-13-15-26(25(2,3)4,31-32(5)6)16-14-21-19-23-22(24(21)28)20-27(23)29-17-18-30-27/h21-24,28,32H,7-13,15,17-20H2,1-6H3. The van der Waals surface area contributed by atoms with Gasteiger partial charge in [-0.05, 0) is 38.3 Å². The van der Waals surface area contributed by atoms with Crippen LogP contribution in [0.4, 0.5) is 0 Å². The summed E-state index contributed by atoms with van der Waals surface area (Å²) >= 11 is 0. The van der Waals surface area contributed by atoms with Crippen LogP contribution in [0.1, 0.15) is 91.9 Å². The van der Waals surface area contributed by atoms with Gasteiger partial charge in [0.25, 0.3) is 0 Å². The van der Waals surface area contributed by atoms with Crippen LogP contribution in [-0.4, -0.2) is 44.9 Å². The number of fused-ring (bicyclic) bond motifs is 2. The van der Waals surface area contributed by atoms with Crippen LogP contribution in [0.2, 0.25) is 13.1 Å². The third-order valence-electron chi connectivity index (χ3n) is 7.98. The molecule has 1 heterocycles. The predicted molar refractivity (Wildman–Crippen MR) is 133 cm³/mol. The van der Waals surface area contributed by atoms with E-state index in [4.69, 9.17) is 13.9 Å². The normalized spacial score (nSPS) is 30.6. The molecule has 3 rings (SSSR count). The maximum Gasteiger partial charge on any atom is 0.173 e. The molecule has 0 radical (unpaired) electrons. The van der Waals surface area contributed by atoms with Gasteiger partial charge < -0.3 is 19.0 Å². The van der Waals surface area contributed by atoms with Crippen LogP contribution in [0.5, 0.6) is 0 Å². The summed E-state index contributed by atoms with van der Waals surface area (Å²) in [5.74, 6) is 7.31. The van der Waals surface area contributed by atoms with Crippen LogP contribution >= 0.6 is 0 Å². The molecule has 2 saturated carbocycles. The largest absolute Gasteiger partial charge is 0.404 e. The topological polar surface area (TPSA) is 47.9 Å². The van der Waals surface area contributed by atoms with E-state index in [-0.39, 0.29) is 29.3 Å². The number of unbranched alkanes of at least 4 members (excludes halogenated alkanes) is 6. The Kier molecular flexibility index (Phi) is 8.94. The van der Waals surface area contributed by atoms with Crippen LogP contribution < -0.4 is 0 Å². The zero-order valence-electron chi connectivity index (χ0n) is 21.5. The van der Waals surface area contributed by atoms with Crippen molar-refractivity contribution in [3.05, 3.63) is 0 Å². The third kappa shape index (κ3) is 5.63. The Morgan fingerprint density at radius 2 is 1.66 bits per heavy atom. The number of rotatable bonds is 10. The average molecular weight is 465 g/mol. The molecule has 0 aromatic heterocycles. The fraction of sp³-hybridized carbons (Fsp3) is 0.926. The van der Waals surface area contributed by atoms with Gasteiger partial charge in [-0.1, -0.05) is 78.1 Å². The summed E-state index contributed by atoms with van der Waals surface area (Å²) in [4.78, 5) is 0. The van der Waals surface area contributed by atoms with E-state index in [1.807, 2.05) is 0 Å². The molecule has 5 heteroatoms. The van der Waals surface area contributed by atoms with Crippen molar-refractivity contribution in [2.45, 2.75) is 122 Å². The highest BCUT2D eigenvalue weighted by molar-refractivity contribution is 6.48. The second-order valence-corrected chi connectivity index (χ2v) is 14.0. The monoisotopic (exact) mass is 464 g/mol. The van der Waals surface area contributed by atoms with Crippen molar-refractivity contribution >= 4 is 9.04 Å². The molecule has 0 aromatic rings. The van der Waals surface area contributed by atoms with Crippen LogP contribution in [0, 0.1) is 35.0 Å². The maximum absolute atomic E-state index is 11.0. The van der Waals surface area contributed by atoms with E-state index in [0.29, 0.717) is 13.2 Å². The first-order valence-corrected chi connectivity index (χ1v) is 16.1. The second-order valence-electron chi connectivity index (χ2n) is 11.7. The summed E-state index contributed by atoms with van der Waals surface area (Å²) in [5.41, 5.74) is -0.503. The molecule has 0 aromatic carbocycles. The number of aliphatic hydroxyl groups is 1. The van der Waals surface area contributed by atoms with E-state index in [2.05, 4.69) is 52.6 Å². The highest BCUT2D eigenvalue weighted by atomic mass is 28.3. The lowest BCUT2D eigenvalue weighted by Crippen LogP contribution is -2.54. The van der Waals surface area contributed by atoms with Crippen LogP contribution in [0.25, 0.3) is 0 Å². The fourth-order valence-corrected chi connectivity index (χ4v) is 7.33. The number of ether oxygens (including phenoxy) is 2. The molecule has 0 amide bonds. The molecule has 5 unspecified atom stereocenters. The summed E-state index contributed by atoms with van der Waals surface area (Å²) in [7, 11) is -1.29. The van der Waals surface area contributed by atoms with Gasteiger partial charge in [0.1, 0.15) is 5.60 Å². The molecule has 32 heavy (non-hydrogen) atoms. The molecule has 2 aliphatic carbocycles. The van der Waals surface area contributed by atoms with E-state index in [1.54, 1.807) is 0 Å². The second kappa shape index (κ2) is 10.9. The molecule has 1 N–H and O–H groups in total. The number of hydrogen-bond donors (Lipinski definition) is 1. The Hall–Kier alpha value is -0.383. The first-order valence-electron chi connectivity index (χ1n) is 13.3. The van der Waals surface area contributed by atoms with Crippen LogP contribution in [0.3, 0.4) is 0 Å². The molecule has 1 spiro atoms. The van der Waals surface area contributed by atoms with Gasteiger partial charge >= 0.3 is 0 Å². The minimum Gasteiger partial charge on any atom is -0.404 e. The summed E-state index contributed by atoms with van der Waals surface area (Å²) in [6, 6.07) is 0. The van der Waals surface area contributed by atoms with Crippen molar-refractivity contribution in [1.82, 2.24) is 0 Å². The van der Waals surface area contributed by atoms with Crippen LogP contribution in [0.15, 0.2) is 0 Å². The van der Waals surface area contributed by atoms with Crippen molar-refractivity contribution in [1.29, 1.82) is 0 Å². The first-order chi connectivity index (χ1) is 15.1. The van der Waals surface area contributed by atoms with Gasteiger partial charge in [-0.2, -0.15) is 0 Å². The van der Waals surface area contributed by atoms with E-state index >= 15 is 0 Å². The lowest BCUT2D eigenvalue weighted by atomic mass is 9.69.